The van der Waals surface area contributed by atoms with Gasteiger partial charge < -0.3 is 20.3 Å². The van der Waals surface area contributed by atoms with Gasteiger partial charge in [0.1, 0.15) is 23.6 Å². The van der Waals surface area contributed by atoms with Crippen molar-refractivity contribution in [2.75, 3.05) is 25.5 Å². The highest BCUT2D eigenvalue weighted by Gasteiger charge is 2.20. The molecule has 0 bridgehead atoms. The van der Waals surface area contributed by atoms with Crippen molar-refractivity contribution in [2.45, 2.75) is 20.5 Å². The second-order valence-corrected chi connectivity index (χ2v) is 11.0. The van der Waals surface area contributed by atoms with Crippen molar-refractivity contribution in [2.24, 2.45) is 0 Å². The predicted octanol–water partition coefficient (Wildman–Crippen LogP) is 6.04. The quantitative estimate of drug-likeness (QED) is 0.216. The normalized spacial score (nSPS) is 11.0. The molecule has 0 unspecified atom stereocenters. The minimum absolute atomic E-state index is 0.0555. The zero-order valence-electron chi connectivity index (χ0n) is 24.5. The third-order valence-corrected chi connectivity index (χ3v) is 7.98. The van der Waals surface area contributed by atoms with Crippen molar-refractivity contribution in [3.8, 4) is 5.75 Å². The fraction of sp³-hybridized carbons (Fsp3) is 0.182. The first-order valence-corrected chi connectivity index (χ1v) is 14.5. The van der Waals surface area contributed by atoms with Gasteiger partial charge in [-0.05, 0) is 67.9 Å². The third-order valence-electron chi connectivity index (χ3n) is 7.21. The number of para-hydroxylation sites is 1. The number of likely N-dealkylation sites (N-methyl/N-ethyl adjacent to an activating group) is 1. The summed E-state index contributed by atoms with van der Waals surface area (Å²) in [7, 11) is 3.11. The number of nitrogens with zero attached hydrogens (tertiary/aromatic N) is 3. The van der Waals surface area contributed by atoms with Crippen molar-refractivity contribution in [3.63, 3.8) is 0 Å². The fourth-order valence-electron chi connectivity index (χ4n) is 4.74. The van der Waals surface area contributed by atoms with Crippen molar-refractivity contribution in [1.29, 1.82) is 0 Å². The maximum Gasteiger partial charge on any atom is 0.269 e. The number of anilines is 1. The van der Waals surface area contributed by atoms with Gasteiger partial charge in [0.05, 0.1) is 22.8 Å². The van der Waals surface area contributed by atoms with Gasteiger partial charge in [-0.25, -0.2) is 9.97 Å². The van der Waals surface area contributed by atoms with Gasteiger partial charge in [0.2, 0.25) is 5.91 Å². The minimum Gasteiger partial charge on any atom is -0.487 e. The summed E-state index contributed by atoms with van der Waals surface area (Å²) in [5.74, 6) is -0.525. The van der Waals surface area contributed by atoms with Crippen LogP contribution in [-0.4, -0.2) is 48.3 Å². The van der Waals surface area contributed by atoms with Gasteiger partial charge in [-0.2, -0.15) is 0 Å². The number of benzene rings is 3. The highest BCUT2D eigenvalue weighted by molar-refractivity contribution is 6.38. The van der Waals surface area contributed by atoms with Gasteiger partial charge >= 0.3 is 0 Å². The first-order valence-electron chi connectivity index (χ1n) is 13.7. The number of halogens is 2. The molecule has 2 aromatic heterocycles. The van der Waals surface area contributed by atoms with Crippen LogP contribution in [0.4, 0.5) is 5.69 Å². The van der Waals surface area contributed by atoms with Crippen LogP contribution in [0.15, 0.2) is 66.7 Å². The predicted molar refractivity (Wildman–Crippen MR) is 173 cm³/mol. The molecule has 0 radical (unpaired) electrons. The lowest BCUT2D eigenvalue weighted by atomic mass is 10.1. The molecule has 0 saturated carbocycles. The zero-order valence-corrected chi connectivity index (χ0v) is 26.0. The molecule has 5 aromatic rings. The van der Waals surface area contributed by atoms with E-state index in [1.165, 1.54) is 4.90 Å². The summed E-state index contributed by atoms with van der Waals surface area (Å²) < 4.78 is 6.09. The van der Waals surface area contributed by atoms with Crippen LogP contribution >= 0.6 is 23.2 Å². The minimum atomic E-state index is -0.433. The molecule has 44 heavy (non-hydrogen) atoms. The van der Waals surface area contributed by atoms with Gasteiger partial charge in [0, 0.05) is 46.7 Å². The molecule has 0 saturated heterocycles. The number of ether oxygens (including phenoxy) is 1. The Bertz CT molecular complexity index is 1950. The second-order valence-electron chi connectivity index (χ2n) is 10.2. The SMILES string of the molecule is CNC(=O)c1nc2ccc(C(=O)NCC(=O)N(C)c3ccc(Cl)c(COc4cccc5ccc(C)nc45)c3Cl)cc2cc1C. The van der Waals surface area contributed by atoms with E-state index >= 15 is 0 Å². The molecule has 2 N–H and O–H groups in total. The van der Waals surface area contributed by atoms with Crippen molar-refractivity contribution in [3.05, 3.63) is 105 Å². The topological polar surface area (TPSA) is 114 Å². The van der Waals surface area contributed by atoms with E-state index in [0.717, 1.165) is 16.6 Å². The number of aryl methyl sites for hydroxylation is 2. The van der Waals surface area contributed by atoms with E-state index in [1.807, 2.05) is 37.3 Å². The zero-order chi connectivity index (χ0) is 31.5. The number of rotatable bonds is 8. The third kappa shape index (κ3) is 6.29. The molecule has 11 heteroatoms. The summed E-state index contributed by atoms with van der Waals surface area (Å²) in [4.78, 5) is 48.5. The van der Waals surface area contributed by atoms with Crippen LogP contribution in [0.25, 0.3) is 21.8 Å². The summed E-state index contributed by atoms with van der Waals surface area (Å²) in [5.41, 5.74) is 4.45. The summed E-state index contributed by atoms with van der Waals surface area (Å²) in [6.07, 6.45) is 0. The molecule has 2 heterocycles. The second kappa shape index (κ2) is 12.9. The van der Waals surface area contributed by atoms with E-state index in [4.69, 9.17) is 27.9 Å². The summed E-state index contributed by atoms with van der Waals surface area (Å²) >= 11 is 13.2. The fourth-order valence-corrected chi connectivity index (χ4v) is 5.35. The largest absolute Gasteiger partial charge is 0.487 e. The number of nitrogens with one attached hydrogen (secondary N) is 2. The van der Waals surface area contributed by atoms with Crippen molar-refractivity contribution >= 4 is 68.4 Å². The Hall–Kier alpha value is -4.73. The summed E-state index contributed by atoms with van der Waals surface area (Å²) in [6, 6.07) is 19.6. The van der Waals surface area contributed by atoms with E-state index in [1.54, 1.807) is 57.4 Å². The Morgan fingerprint density at radius 2 is 1.70 bits per heavy atom. The van der Waals surface area contributed by atoms with Crippen LogP contribution < -0.4 is 20.3 Å². The van der Waals surface area contributed by atoms with E-state index < -0.39 is 11.8 Å². The van der Waals surface area contributed by atoms with Crippen LogP contribution in [0, 0.1) is 13.8 Å². The van der Waals surface area contributed by atoms with Crippen LogP contribution in [0.3, 0.4) is 0 Å². The van der Waals surface area contributed by atoms with Crippen LogP contribution in [0.1, 0.15) is 37.7 Å². The standard InChI is InChI=1S/C33H29Cl2N5O4/c1-18-14-22-15-21(10-12-25(22)39-30(18)33(43)36-3)32(42)37-16-28(41)40(4)26-13-11-24(34)23(29(26)35)17-44-27-7-5-6-20-9-8-19(2)38-31(20)27/h5-15H,16-17H2,1-4H3,(H,36,43)(H,37,42). The number of aromatic nitrogens is 2. The number of hydrogen-bond donors (Lipinski definition) is 2. The number of pyridine rings is 2. The van der Waals surface area contributed by atoms with E-state index in [9.17, 15) is 14.4 Å². The van der Waals surface area contributed by atoms with E-state index in [-0.39, 0.29) is 24.1 Å². The van der Waals surface area contributed by atoms with Gasteiger partial charge in [-0.1, -0.05) is 41.4 Å². The molecule has 3 aromatic carbocycles. The van der Waals surface area contributed by atoms with Crippen LogP contribution in [-0.2, 0) is 11.4 Å². The number of hydrogen-bond acceptors (Lipinski definition) is 6. The van der Waals surface area contributed by atoms with Gasteiger partial charge in [-0.3, -0.25) is 14.4 Å². The number of carbonyl (C=O) groups excluding carboxylic acids is 3. The molecule has 3 amide bonds. The molecule has 0 spiro atoms. The molecular formula is C33H29Cl2N5O4. The molecule has 224 valence electrons. The average molecular weight is 631 g/mol. The molecule has 0 atom stereocenters. The Morgan fingerprint density at radius 3 is 2.48 bits per heavy atom. The van der Waals surface area contributed by atoms with E-state index in [0.29, 0.717) is 49.7 Å². The number of carbonyl (C=O) groups is 3. The van der Waals surface area contributed by atoms with Gasteiger partial charge in [0.25, 0.3) is 11.8 Å². The van der Waals surface area contributed by atoms with Crippen LogP contribution in [0.2, 0.25) is 10.0 Å². The summed E-state index contributed by atoms with van der Waals surface area (Å²) in [5, 5.41) is 7.53. The maximum absolute atomic E-state index is 13.1. The van der Waals surface area contributed by atoms with Crippen molar-refractivity contribution < 1.29 is 19.1 Å². The highest BCUT2D eigenvalue weighted by Crippen LogP contribution is 2.35. The Kier molecular flexibility index (Phi) is 8.98. The Morgan fingerprint density at radius 1 is 0.909 bits per heavy atom. The molecule has 9 nitrogen and oxygen atoms in total. The van der Waals surface area contributed by atoms with E-state index in [2.05, 4.69) is 20.6 Å². The van der Waals surface area contributed by atoms with Crippen LogP contribution in [0.5, 0.6) is 5.75 Å². The lowest BCUT2D eigenvalue weighted by Crippen LogP contribution is -2.38. The molecule has 0 aliphatic rings. The Labute approximate surface area is 264 Å². The van der Waals surface area contributed by atoms with Gasteiger partial charge in [-0.15, -0.1) is 0 Å². The van der Waals surface area contributed by atoms with Gasteiger partial charge in [0.15, 0.2) is 0 Å². The number of amides is 3. The Balaban J connectivity index is 1.27. The molecule has 0 aliphatic heterocycles. The molecular weight excluding hydrogens is 601 g/mol. The summed E-state index contributed by atoms with van der Waals surface area (Å²) in [6.45, 7) is 3.47. The first-order chi connectivity index (χ1) is 21.1. The average Bonchev–Trinajstić information content (AvgIpc) is 3.02. The maximum atomic E-state index is 13.1. The smallest absolute Gasteiger partial charge is 0.269 e. The molecule has 0 aliphatic carbocycles. The molecule has 5 rings (SSSR count). The lowest BCUT2D eigenvalue weighted by molar-refractivity contribution is -0.117. The lowest BCUT2D eigenvalue weighted by Gasteiger charge is -2.21. The molecule has 0 fully saturated rings. The highest BCUT2D eigenvalue weighted by atomic mass is 35.5. The van der Waals surface area contributed by atoms with Crippen molar-refractivity contribution in [1.82, 2.24) is 20.6 Å². The first kappa shape index (κ1) is 30.7. The number of fused-ring (bicyclic) bond motifs is 2. The monoisotopic (exact) mass is 629 g/mol.